The number of hydrogen-bond donors (Lipinski definition) is 5. The molecule has 16 heteroatoms. The monoisotopic (exact) mass is 759 g/mol. The lowest BCUT2D eigenvalue weighted by atomic mass is 9.78. The molecule has 2 aliphatic carbocycles. The third-order valence-electron chi connectivity index (χ3n) is 11.8. The maximum atomic E-state index is 16.1. The fraction of sp³-hybridized carbons (Fsp3) is 1.00. The maximum Gasteiger partial charge on any atom is 0.158 e. The van der Waals surface area contributed by atoms with Crippen molar-refractivity contribution in [2.75, 3.05) is 40.8 Å². The van der Waals surface area contributed by atoms with Crippen molar-refractivity contribution in [3.05, 3.63) is 0 Å². The van der Waals surface area contributed by atoms with Gasteiger partial charge in [0, 0.05) is 24.3 Å². The summed E-state index contributed by atoms with van der Waals surface area (Å²) in [5.41, 5.74) is 6.28. The van der Waals surface area contributed by atoms with Crippen molar-refractivity contribution in [2.45, 2.75) is 154 Å². The van der Waals surface area contributed by atoms with Crippen molar-refractivity contribution in [3.8, 4) is 0 Å². The fourth-order valence-electron chi connectivity index (χ4n) is 8.64. The number of nitrogens with zero attached hydrogens (tertiary/aromatic N) is 2. The zero-order chi connectivity index (χ0) is 35.7. The van der Waals surface area contributed by atoms with Gasteiger partial charge in [0.05, 0.1) is 33.9 Å². The van der Waals surface area contributed by atoms with Gasteiger partial charge in [-0.2, -0.15) is 0 Å². The summed E-state index contributed by atoms with van der Waals surface area (Å²) in [5, 5.41) is 8.60. The lowest BCUT2D eigenvalue weighted by Crippen LogP contribution is -2.75. The quantitative estimate of drug-likeness (QED) is 0.189. The largest absolute Gasteiger partial charge is 0.375 e. The Morgan fingerprint density at radius 2 is 1.73 bits per heavy atom. The van der Waals surface area contributed by atoms with Gasteiger partial charge in [0.1, 0.15) is 30.1 Å². The van der Waals surface area contributed by atoms with Crippen LogP contribution in [0.15, 0.2) is 0 Å². The Labute approximate surface area is 301 Å². The first-order valence-corrected chi connectivity index (χ1v) is 21.2. The Bertz CT molecular complexity index is 1170. The Morgan fingerprint density at radius 3 is 2.35 bits per heavy atom. The standard InChI is InChI=1S/C33H61ClF3N7O3S2/c1-19-15-27(42-41-19)38-30-29(47-6)31(44-13-10-20(11-14-44)9-12-43(4)5)40-32(39-30)48-26-8-7-22(18-25(26)36)49(45,46)33(2,3)23-16-21(35)17-24(34)28(23)37/h19-32,38-42H,7-18H2,1-6H3. The zero-order valence-electron chi connectivity index (χ0n) is 30.0. The van der Waals surface area contributed by atoms with Gasteiger partial charge in [-0.15, -0.1) is 23.4 Å². The molecule has 3 aliphatic heterocycles. The molecule has 3 saturated heterocycles. The number of rotatable bonds is 12. The smallest absolute Gasteiger partial charge is 0.158 e. The first-order valence-electron chi connectivity index (χ1n) is 18.3. The van der Waals surface area contributed by atoms with E-state index < -0.39 is 54.9 Å². The lowest BCUT2D eigenvalue weighted by Gasteiger charge is -2.50. The SMILES string of the molecule is COC1C(NC2CC(C)NN2)NC(SC2CCC(S(=O)(=O)C(C)(C)C3CC(F)CC(Cl)C3F)CC2F)NC1N1CCC(CCN(C)C)CC1. The molecule has 5 rings (SSSR count). The summed E-state index contributed by atoms with van der Waals surface area (Å²) in [4.78, 5) is 4.70. The Kier molecular flexibility index (Phi) is 14.0. The topological polar surface area (TPSA) is 110 Å². The van der Waals surface area contributed by atoms with E-state index in [0.717, 1.165) is 38.9 Å². The number of ether oxygens (including phenoxy) is 1. The number of sulfone groups is 1. The molecule has 5 N–H and O–H groups in total. The molecule has 10 nitrogen and oxygen atoms in total. The number of hydrogen-bond acceptors (Lipinski definition) is 11. The van der Waals surface area contributed by atoms with E-state index in [2.05, 4.69) is 57.6 Å². The van der Waals surface area contributed by atoms with Gasteiger partial charge in [-0.3, -0.25) is 26.3 Å². The molecule has 0 aromatic carbocycles. The minimum Gasteiger partial charge on any atom is -0.375 e. The predicted octanol–water partition coefficient (Wildman–Crippen LogP) is 3.48. The third kappa shape index (κ3) is 9.42. The maximum absolute atomic E-state index is 16.1. The van der Waals surface area contributed by atoms with Crippen LogP contribution in [0.1, 0.15) is 78.6 Å². The van der Waals surface area contributed by atoms with Crippen molar-refractivity contribution in [1.82, 2.24) is 36.6 Å². The molecule has 0 spiro atoms. The number of methoxy groups -OCH3 is 1. The van der Waals surface area contributed by atoms with Crippen LogP contribution in [0, 0.1) is 11.8 Å². The summed E-state index contributed by atoms with van der Waals surface area (Å²) >= 11 is 7.57. The summed E-state index contributed by atoms with van der Waals surface area (Å²) in [6.45, 7) is 8.02. The summed E-state index contributed by atoms with van der Waals surface area (Å²) < 4.78 is 78.2. The van der Waals surface area contributed by atoms with Gasteiger partial charge in [-0.25, -0.2) is 27.0 Å². The summed E-state index contributed by atoms with van der Waals surface area (Å²) in [5.74, 6) is -0.395. The van der Waals surface area contributed by atoms with Gasteiger partial charge in [0.15, 0.2) is 9.84 Å². The molecule has 0 amide bonds. The zero-order valence-corrected chi connectivity index (χ0v) is 32.4. The lowest BCUT2D eigenvalue weighted by molar-refractivity contribution is -0.0653. The van der Waals surface area contributed by atoms with Crippen LogP contribution in [0.25, 0.3) is 0 Å². The molecule has 3 heterocycles. The van der Waals surface area contributed by atoms with E-state index in [1.165, 1.54) is 32.0 Å². The van der Waals surface area contributed by atoms with Crippen molar-refractivity contribution in [2.24, 2.45) is 11.8 Å². The molecular formula is C33H61ClF3N7O3S2. The van der Waals surface area contributed by atoms with E-state index in [1.807, 2.05) is 0 Å². The summed E-state index contributed by atoms with van der Waals surface area (Å²) in [6.07, 6.45) is -0.447. The van der Waals surface area contributed by atoms with E-state index in [-0.39, 0.29) is 55.8 Å². The van der Waals surface area contributed by atoms with Crippen LogP contribution in [-0.4, -0.2) is 134 Å². The number of alkyl halides is 4. The molecule has 13 unspecified atom stereocenters. The number of hydrazine groups is 1. The molecule has 0 radical (unpaired) electrons. The normalized spacial score (nSPS) is 42.1. The van der Waals surface area contributed by atoms with Crippen molar-refractivity contribution in [1.29, 1.82) is 0 Å². The number of thioether (sulfide) groups is 1. The van der Waals surface area contributed by atoms with Crippen molar-refractivity contribution in [3.63, 3.8) is 0 Å². The predicted molar refractivity (Wildman–Crippen MR) is 192 cm³/mol. The molecule has 5 aliphatic rings. The van der Waals surface area contributed by atoms with Gasteiger partial charge in [-0.05, 0) is 118 Å². The van der Waals surface area contributed by atoms with Gasteiger partial charge in [-0.1, -0.05) is 0 Å². The molecule has 0 aromatic heterocycles. The van der Waals surface area contributed by atoms with Crippen LogP contribution < -0.4 is 26.8 Å². The summed E-state index contributed by atoms with van der Waals surface area (Å²) in [6, 6.07) is 0.315. The van der Waals surface area contributed by atoms with Crippen LogP contribution in [0.5, 0.6) is 0 Å². The molecule has 5 fully saturated rings. The van der Waals surface area contributed by atoms with Gasteiger partial charge in [0.25, 0.3) is 0 Å². The fourth-order valence-corrected chi connectivity index (χ4v) is 12.7. The second kappa shape index (κ2) is 17.0. The minimum absolute atomic E-state index is 0.0269. The van der Waals surface area contributed by atoms with Crippen LogP contribution in [0.4, 0.5) is 13.2 Å². The highest BCUT2D eigenvalue weighted by Crippen LogP contribution is 2.46. The van der Waals surface area contributed by atoms with E-state index in [9.17, 15) is 12.8 Å². The molecular weight excluding hydrogens is 699 g/mol. The van der Waals surface area contributed by atoms with Crippen LogP contribution in [0.3, 0.4) is 0 Å². The van der Waals surface area contributed by atoms with E-state index in [4.69, 9.17) is 16.3 Å². The van der Waals surface area contributed by atoms with Crippen LogP contribution >= 0.6 is 23.4 Å². The molecule has 0 bridgehead atoms. The Balaban J connectivity index is 1.25. The van der Waals surface area contributed by atoms with Crippen LogP contribution in [-0.2, 0) is 14.6 Å². The van der Waals surface area contributed by atoms with Crippen molar-refractivity contribution >= 4 is 33.2 Å². The average molecular weight is 760 g/mol. The van der Waals surface area contributed by atoms with Gasteiger partial charge >= 0.3 is 0 Å². The second-order valence-corrected chi connectivity index (χ2v) is 20.7. The first-order chi connectivity index (χ1) is 23.1. The van der Waals surface area contributed by atoms with E-state index in [1.54, 1.807) is 7.11 Å². The highest BCUT2D eigenvalue weighted by atomic mass is 35.5. The molecule has 13 atom stereocenters. The number of piperidine rings is 1. The molecule has 2 saturated carbocycles. The minimum atomic E-state index is -4.00. The Hall–Kier alpha value is 0.0600. The second-order valence-electron chi connectivity index (χ2n) is 16.0. The molecule has 49 heavy (non-hydrogen) atoms. The summed E-state index contributed by atoms with van der Waals surface area (Å²) in [7, 11) is 1.96. The molecule has 286 valence electrons. The average Bonchev–Trinajstić information content (AvgIpc) is 3.46. The van der Waals surface area contributed by atoms with E-state index in [0.29, 0.717) is 18.4 Å². The third-order valence-corrected chi connectivity index (χ3v) is 16.7. The highest BCUT2D eigenvalue weighted by molar-refractivity contribution is 8.00. The van der Waals surface area contributed by atoms with E-state index >= 15 is 8.78 Å². The van der Waals surface area contributed by atoms with Gasteiger partial charge in [0.2, 0.25) is 0 Å². The Morgan fingerprint density at radius 1 is 1.02 bits per heavy atom. The highest BCUT2D eigenvalue weighted by Gasteiger charge is 2.54. The van der Waals surface area contributed by atoms with Gasteiger partial charge < -0.3 is 9.64 Å². The number of likely N-dealkylation sites (tertiary alicyclic amines) is 1. The number of halogens is 4. The number of nitrogens with one attached hydrogen (secondary N) is 5. The first kappa shape index (κ1) is 40.2. The van der Waals surface area contributed by atoms with Crippen molar-refractivity contribution < 1.29 is 26.3 Å². The molecule has 0 aromatic rings. The van der Waals surface area contributed by atoms with Crippen LogP contribution in [0.2, 0.25) is 0 Å².